The van der Waals surface area contributed by atoms with Crippen LogP contribution in [-0.2, 0) is 9.59 Å². The van der Waals surface area contributed by atoms with E-state index in [0.29, 0.717) is 5.96 Å². The average Bonchev–Trinajstić information content (AvgIpc) is 3.21. The van der Waals surface area contributed by atoms with Crippen molar-refractivity contribution in [3.05, 3.63) is 47.8 Å². The number of rotatable bonds is 4. The molecule has 8 nitrogen and oxygen atoms in total. The fourth-order valence-corrected chi connectivity index (χ4v) is 4.23. The first-order chi connectivity index (χ1) is 13.7. The quantitative estimate of drug-likeness (QED) is 0.781. The highest BCUT2D eigenvalue weighted by Gasteiger charge is 2.55. The molecule has 3 aliphatic rings. The Labute approximate surface area is 170 Å². The predicted octanol–water partition coefficient (Wildman–Crippen LogP) is 2.16. The molecule has 0 saturated carbocycles. The van der Waals surface area contributed by atoms with Crippen LogP contribution in [0.15, 0.2) is 47.2 Å². The van der Waals surface area contributed by atoms with Gasteiger partial charge in [-0.1, -0.05) is 30.3 Å². The van der Waals surface area contributed by atoms with Crippen LogP contribution in [0.2, 0.25) is 0 Å². The molecule has 1 saturated heterocycles. The van der Waals surface area contributed by atoms with Gasteiger partial charge < -0.3 is 14.7 Å². The Morgan fingerprint density at radius 3 is 2.38 bits per heavy atom. The first kappa shape index (κ1) is 19.2. The van der Waals surface area contributed by atoms with Crippen LogP contribution in [0.3, 0.4) is 0 Å². The number of ketones is 1. The Kier molecular flexibility index (Phi) is 4.44. The molecule has 3 aliphatic heterocycles. The highest BCUT2D eigenvalue weighted by molar-refractivity contribution is 6.07. The number of nitrogens with zero attached hydrogens (tertiary/aromatic N) is 5. The van der Waals surface area contributed by atoms with Crippen LogP contribution in [0.1, 0.15) is 39.3 Å². The van der Waals surface area contributed by atoms with Gasteiger partial charge in [0.1, 0.15) is 0 Å². The molecule has 4 atom stereocenters. The number of carbonyl (C=O) groups is 3. The van der Waals surface area contributed by atoms with Gasteiger partial charge in [0.15, 0.2) is 18.0 Å². The molecule has 1 aromatic carbocycles. The second-order valence-corrected chi connectivity index (χ2v) is 7.81. The van der Waals surface area contributed by atoms with Crippen molar-refractivity contribution in [1.82, 2.24) is 19.6 Å². The fourth-order valence-electron chi connectivity index (χ4n) is 4.23. The number of Topliss-reactive ketones (excluding diaryl/α,β-unsaturated/α-hetero) is 1. The molecule has 0 N–H and O–H groups in total. The first-order valence-electron chi connectivity index (χ1n) is 9.73. The molecule has 1 fully saturated rings. The summed E-state index contributed by atoms with van der Waals surface area (Å²) in [5, 5.41) is 0. The Hall–Kier alpha value is -3.16. The topological polar surface area (TPSA) is 76.5 Å². The minimum atomic E-state index is -0.811. The third kappa shape index (κ3) is 2.73. The first-order valence-corrected chi connectivity index (χ1v) is 9.73. The van der Waals surface area contributed by atoms with Gasteiger partial charge in [0, 0.05) is 18.9 Å². The lowest BCUT2D eigenvalue weighted by atomic mass is 10.1. The number of guanidine groups is 1. The van der Waals surface area contributed by atoms with Gasteiger partial charge in [-0.15, -0.1) is 0 Å². The molecule has 0 radical (unpaired) electrons. The Bertz CT molecular complexity index is 941. The molecule has 0 spiro atoms. The molecule has 0 aromatic heterocycles. The molecule has 8 heteroatoms. The maximum absolute atomic E-state index is 13.3. The van der Waals surface area contributed by atoms with E-state index in [9.17, 15) is 14.4 Å². The van der Waals surface area contributed by atoms with E-state index in [1.807, 2.05) is 36.2 Å². The third-order valence-electron chi connectivity index (χ3n) is 6.02. The van der Waals surface area contributed by atoms with Crippen molar-refractivity contribution in [3.63, 3.8) is 0 Å². The van der Waals surface area contributed by atoms with E-state index in [1.54, 1.807) is 14.0 Å². The summed E-state index contributed by atoms with van der Waals surface area (Å²) in [5.74, 6) is 0.0298. The second-order valence-electron chi connectivity index (χ2n) is 7.81. The van der Waals surface area contributed by atoms with Crippen molar-refractivity contribution >= 4 is 23.7 Å². The Balaban J connectivity index is 1.70. The molecule has 4 rings (SSSR count). The van der Waals surface area contributed by atoms with Gasteiger partial charge in [-0.05, 0) is 33.3 Å². The minimum absolute atomic E-state index is 0.0136. The lowest BCUT2D eigenvalue weighted by Crippen LogP contribution is -2.66. The number of carbonyl (C=O) groups excluding carboxylic acids is 3. The number of benzene rings is 1. The summed E-state index contributed by atoms with van der Waals surface area (Å²) in [7, 11) is 1.63. The summed E-state index contributed by atoms with van der Waals surface area (Å²) in [6, 6.07) is 8.11. The van der Waals surface area contributed by atoms with Gasteiger partial charge in [-0.25, -0.2) is 9.79 Å². The zero-order valence-electron chi connectivity index (χ0n) is 17.2. The number of likely N-dealkylation sites (N-methyl/N-ethyl adjacent to an activating group) is 1. The maximum Gasteiger partial charge on any atom is 0.328 e. The van der Waals surface area contributed by atoms with Crippen molar-refractivity contribution in [3.8, 4) is 0 Å². The monoisotopic (exact) mass is 395 g/mol. The van der Waals surface area contributed by atoms with E-state index in [1.165, 1.54) is 11.8 Å². The highest BCUT2D eigenvalue weighted by atomic mass is 16.2. The van der Waals surface area contributed by atoms with Gasteiger partial charge in [0.25, 0.3) is 5.91 Å². The summed E-state index contributed by atoms with van der Waals surface area (Å²) in [6.07, 6.45) is 1.29. The highest BCUT2D eigenvalue weighted by Crippen LogP contribution is 2.38. The lowest BCUT2D eigenvalue weighted by molar-refractivity contribution is -0.142. The molecule has 0 aliphatic carbocycles. The zero-order chi connectivity index (χ0) is 21.0. The van der Waals surface area contributed by atoms with Crippen LogP contribution < -0.4 is 0 Å². The summed E-state index contributed by atoms with van der Waals surface area (Å²) in [4.78, 5) is 49.2. The minimum Gasteiger partial charge on any atom is -0.308 e. The molecule has 0 bridgehead atoms. The van der Waals surface area contributed by atoms with E-state index in [4.69, 9.17) is 4.99 Å². The standard InChI is InChI=1S/C21H25N5O3/c1-12-11-24-17-18(23(5)21(29)26(19(17)28)13(2)15(4)27)22-20(24)25(12)14(3)16-9-7-6-8-10-16/h6-11,13-14,17-18H,1-5H3. The molecule has 3 heterocycles. The Morgan fingerprint density at radius 1 is 1.10 bits per heavy atom. The number of hydrogen-bond acceptors (Lipinski definition) is 6. The lowest BCUT2D eigenvalue weighted by Gasteiger charge is -2.41. The SMILES string of the molecule is CC(=O)C(C)N1C(=O)C2C(N=C3N2C=C(C)N3C(C)c2ccccc2)N(C)C1=O. The summed E-state index contributed by atoms with van der Waals surface area (Å²) in [6.45, 7) is 7.03. The number of fused-ring (bicyclic) bond motifs is 3. The van der Waals surface area contributed by atoms with E-state index in [2.05, 4.69) is 24.0 Å². The summed E-state index contributed by atoms with van der Waals surface area (Å²) in [5.41, 5.74) is 2.10. The average molecular weight is 395 g/mol. The number of allylic oxidation sites excluding steroid dienone is 1. The van der Waals surface area contributed by atoms with Crippen LogP contribution in [-0.4, -0.2) is 68.6 Å². The van der Waals surface area contributed by atoms with E-state index in [0.717, 1.165) is 16.2 Å². The number of amides is 3. The molecule has 4 unspecified atom stereocenters. The normalized spacial score (nSPS) is 25.6. The van der Waals surface area contributed by atoms with Crippen molar-refractivity contribution in [2.45, 2.75) is 52.0 Å². The van der Waals surface area contributed by atoms with E-state index in [-0.39, 0.29) is 11.8 Å². The molecule has 3 amide bonds. The number of urea groups is 1. The van der Waals surface area contributed by atoms with Crippen LogP contribution in [0, 0.1) is 0 Å². The molecule has 152 valence electrons. The maximum atomic E-state index is 13.3. The van der Waals surface area contributed by atoms with Crippen LogP contribution >= 0.6 is 0 Å². The van der Waals surface area contributed by atoms with Gasteiger partial charge >= 0.3 is 6.03 Å². The van der Waals surface area contributed by atoms with E-state index >= 15 is 0 Å². The molecular weight excluding hydrogens is 370 g/mol. The van der Waals surface area contributed by atoms with Crippen molar-refractivity contribution < 1.29 is 14.4 Å². The molecular formula is C21H25N5O3. The zero-order valence-corrected chi connectivity index (χ0v) is 17.2. The van der Waals surface area contributed by atoms with Crippen LogP contribution in [0.5, 0.6) is 0 Å². The largest absolute Gasteiger partial charge is 0.328 e. The van der Waals surface area contributed by atoms with Gasteiger partial charge in [0.05, 0.1) is 12.1 Å². The van der Waals surface area contributed by atoms with Gasteiger partial charge in [0.2, 0.25) is 5.96 Å². The third-order valence-corrected chi connectivity index (χ3v) is 6.02. The second kappa shape index (κ2) is 6.72. The van der Waals surface area contributed by atoms with Gasteiger partial charge in [-0.3, -0.25) is 14.5 Å². The van der Waals surface area contributed by atoms with Crippen molar-refractivity contribution in [2.24, 2.45) is 4.99 Å². The fraction of sp³-hybridized carbons (Fsp3) is 0.429. The summed E-state index contributed by atoms with van der Waals surface area (Å²) < 4.78 is 0. The number of imide groups is 1. The van der Waals surface area contributed by atoms with Gasteiger partial charge in [-0.2, -0.15) is 0 Å². The van der Waals surface area contributed by atoms with Crippen molar-refractivity contribution in [2.75, 3.05) is 7.05 Å². The Morgan fingerprint density at radius 2 is 1.76 bits per heavy atom. The smallest absolute Gasteiger partial charge is 0.308 e. The predicted molar refractivity (Wildman–Crippen MR) is 107 cm³/mol. The van der Waals surface area contributed by atoms with Crippen molar-refractivity contribution in [1.29, 1.82) is 0 Å². The van der Waals surface area contributed by atoms with Crippen LogP contribution in [0.25, 0.3) is 0 Å². The van der Waals surface area contributed by atoms with E-state index < -0.39 is 30.2 Å². The molecule has 1 aromatic rings. The van der Waals surface area contributed by atoms with Crippen LogP contribution in [0.4, 0.5) is 4.79 Å². The number of hydrogen-bond donors (Lipinski definition) is 0. The summed E-state index contributed by atoms with van der Waals surface area (Å²) >= 11 is 0. The number of aliphatic imine (C=N–C) groups is 1. The molecule has 29 heavy (non-hydrogen) atoms.